The Labute approximate surface area is 84.3 Å². The lowest BCUT2D eigenvalue weighted by atomic mass is 10.1. The highest BCUT2D eigenvalue weighted by molar-refractivity contribution is 5.72. The second-order valence-electron chi connectivity index (χ2n) is 2.42. The van der Waals surface area contributed by atoms with Crippen LogP contribution in [0.1, 0.15) is 19.4 Å². The number of benzene rings is 1. The summed E-state index contributed by atoms with van der Waals surface area (Å²) in [5.41, 5.74) is 0.833. The van der Waals surface area contributed by atoms with Gasteiger partial charge in [-0.2, -0.15) is 0 Å². The number of aromatic hydroxyl groups is 1. The zero-order chi connectivity index (χ0) is 11.0. The van der Waals surface area contributed by atoms with Crippen LogP contribution < -0.4 is 0 Å². The topological polar surface area (TPSA) is 46.5 Å². The van der Waals surface area contributed by atoms with Gasteiger partial charge in [-0.3, -0.25) is 4.79 Å². The highest BCUT2D eigenvalue weighted by atomic mass is 16.5. The Bertz CT molecular complexity index is 264. The van der Waals surface area contributed by atoms with Crippen molar-refractivity contribution < 1.29 is 14.6 Å². The van der Waals surface area contributed by atoms with E-state index in [9.17, 15) is 4.79 Å². The Morgan fingerprint density at radius 3 is 2.21 bits per heavy atom. The maximum absolute atomic E-state index is 10.8. The molecule has 0 atom stereocenters. The molecule has 0 unspecified atom stereocenters. The third-order valence-corrected chi connectivity index (χ3v) is 1.51. The SMILES string of the molecule is CC.COC(=O)Cc1ccc(O)cc1. The van der Waals surface area contributed by atoms with Crippen LogP contribution in [-0.4, -0.2) is 18.2 Å². The summed E-state index contributed by atoms with van der Waals surface area (Å²) in [5, 5.41) is 8.93. The lowest BCUT2D eigenvalue weighted by Crippen LogP contribution is -2.03. The van der Waals surface area contributed by atoms with E-state index in [0.717, 1.165) is 5.56 Å². The van der Waals surface area contributed by atoms with Gasteiger partial charge in [0, 0.05) is 0 Å². The summed E-state index contributed by atoms with van der Waals surface area (Å²) in [4.78, 5) is 10.8. The number of hydrogen-bond acceptors (Lipinski definition) is 3. The summed E-state index contributed by atoms with van der Waals surface area (Å²) in [5.74, 6) is -0.0793. The molecule has 1 aromatic carbocycles. The van der Waals surface area contributed by atoms with Crippen molar-refractivity contribution in [2.24, 2.45) is 0 Å². The Hall–Kier alpha value is -1.51. The van der Waals surface area contributed by atoms with E-state index in [0.29, 0.717) is 0 Å². The predicted octanol–water partition coefficient (Wildman–Crippen LogP) is 2.13. The van der Waals surface area contributed by atoms with Gasteiger partial charge in [-0.25, -0.2) is 0 Å². The van der Waals surface area contributed by atoms with Gasteiger partial charge in [0.25, 0.3) is 0 Å². The normalized spacial score (nSPS) is 8.50. The third kappa shape index (κ3) is 4.50. The van der Waals surface area contributed by atoms with E-state index in [1.165, 1.54) is 19.2 Å². The maximum Gasteiger partial charge on any atom is 0.309 e. The van der Waals surface area contributed by atoms with Crippen LogP contribution in [0.25, 0.3) is 0 Å². The van der Waals surface area contributed by atoms with E-state index in [-0.39, 0.29) is 18.1 Å². The molecular formula is C11H16O3. The lowest BCUT2D eigenvalue weighted by Gasteiger charge is -1.99. The molecule has 1 rings (SSSR count). The van der Waals surface area contributed by atoms with Crippen molar-refractivity contribution >= 4 is 5.97 Å². The Balaban J connectivity index is 0.000000791. The van der Waals surface area contributed by atoms with Gasteiger partial charge in [0.2, 0.25) is 0 Å². The first-order valence-electron chi connectivity index (χ1n) is 4.57. The minimum atomic E-state index is -0.277. The van der Waals surface area contributed by atoms with Crippen LogP contribution >= 0.6 is 0 Å². The molecule has 0 aliphatic carbocycles. The molecule has 3 nitrogen and oxygen atoms in total. The summed E-state index contributed by atoms with van der Waals surface area (Å²) in [6.07, 6.45) is 0.247. The standard InChI is InChI=1S/C9H10O3.C2H6/c1-12-9(11)6-7-2-4-8(10)5-3-7;1-2/h2-5,10H,6H2,1H3;1-2H3. The molecule has 0 saturated heterocycles. The second-order valence-corrected chi connectivity index (χ2v) is 2.42. The Morgan fingerprint density at radius 1 is 1.29 bits per heavy atom. The average Bonchev–Trinajstić information content (AvgIpc) is 2.24. The monoisotopic (exact) mass is 196 g/mol. The number of ether oxygens (including phenoxy) is 1. The molecule has 0 aromatic heterocycles. The van der Waals surface area contributed by atoms with Crippen molar-refractivity contribution in [2.45, 2.75) is 20.3 Å². The number of methoxy groups -OCH3 is 1. The van der Waals surface area contributed by atoms with Gasteiger partial charge in [0.1, 0.15) is 5.75 Å². The van der Waals surface area contributed by atoms with Crippen LogP contribution in [0.3, 0.4) is 0 Å². The quantitative estimate of drug-likeness (QED) is 0.737. The number of rotatable bonds is 2. The van der Waals surface area contributed by atoms with Crippen molar-refractivity contribution in [3.63, 3.8) is 0 Å². The van der Waals surface area contributed by atoms with Crippen LogP contribution in [0, 0.1) is 0 Å². The largest absolute Gasteiger partial charge is 0.508 e. The van der Waals surface area contributed by atoms with Crippen LogP contribution in [0.4, 0.5) is 0 Å². The van der Waals surface area contributed by atoms with Crippen molar-refractivity contribution in [1.82, 2.24) is 0 Å². The number of hydrogen-bond donors (Lipinski definition) is 1. The van der Waals surface area contributed by atoms with Crippen LogP contribution in [0.2, 0.25) is 0 Å². The van der Waals surface area contributed by atoms with Gasteiger partial charge in [-0.1, -0.05) is 26.0 Å². The van der Waals surface area contributed by atoms with Crippen LogP contribution in [0.15, 0.2) is 24.3 Å². The summed E-state index contributed by atoms with van der Waals surface area (Å²) in [6, 6.07) is 6.45. The number of phenols is 1. The first-order chi connectivity index (χ1) is 6.72. The summed E-state index contributed by atoms with van der Waals surface area (Å²) < 4.78 is 4.48. The second kappa shape index (κ2) is 6.95. The maximum atomic E-state index is 10.8. The van der Waals surface area contributed by atoms with E-state index in [1.807, 2.05) is 13.8 Å². The van der Waals surface area contributed by atoms with E-state index in [2.05, 4.69) is 4.74 Å². The smallest absolute Gasteiger partial charge is 0.309 e. The molecule has 0 bridgehead atoms. The molecule has 0 aliphatic heterocycles. The minimum Gasteiger partial charge on any atom is -0.508 e. The fourth-order valence-corrected chi connectivity index (χ4v) is 0.853. The van der Waals surface area contributed by atoms with Crippen LogP contribution in [0.5, 0.6) is 5.75 Å². The van der Waals surface area contributed by atoms with Crippen molar-refractivity contribution in [1.29, 1.82) is 0 Å². The molecule has 0 heterocycles. The molecule has 0 fully saturated rings. The Morgan fingerprint density at radius 2 is 1.79 bits per heavy atom. The number of carbonyl (C=O) groups is 1. The molecular weight excluding hydrogens is 180 g/mol. The zero-order valence-electron chi connectivity index (χ0n) is 8.78. The number of esters is 1. The van der Waals surface area contributed by atoms with Crippen molar-refractivity contribution in [2.75, 3.05) is 7.11 Å². The fourth-order valence-electron chi connectivity index (χ4n) is 0.853. The summed E-state index contributed by atoms with van der Waals surface area (Å²) in [6.45, 7) is 4.00. The van der Waals surface area contributed by atoms with Crippen molar-refractivity contribution in [3.05, 3.63) is 29.8 Å². The van der Waals surface area contributed by atoms with Gasteiger partial charge < -0.3 is 9.84 Å². The summed E-state index contributed by atoms with van der Waals surface area (Å²) >= 11 is 0. The molecule has 0 amide bonds. The number of carbonyl (C=O) groups excluding carboxylic acids is 1. The molecule has 14 heavy (non-hydrogen) atoms. The van der Waals surface area contributed by atoms with Gasteiger partial charge in [-0.15, -0.1) is 0 Å². The minimum absolute atomic E-state index is 0.198. The van der Waals surface area contributed by atoms with E-state index >= 15 is 0 Å². The zero-order valence-corrected chi connectivity index (χ0v) is 8.78. The van der Waals surface area contributed by atoms with Gasteiger partial charge in [0.05, 0.1) is 13.5 Å². The molecule has 0 saturated carbocycles. The molecule has 0 radical (unpaired) electrons. The third-order valence-electron chi connectivity index (χ3n) is 1.51. The van der Waals surface area contributed by atoms with Crippen LogP contribution in [-0.2, 0) is 16.0 Å². The molecule has 78 valence electrons. The lowest BCUT2D eigenvalue weighted by molar-refractivity contribution is -0.139. The number of phenolic OH excluding ortho intramolecular Hbond substituents is 1. The van der Waals surface area contributed by atoms with E-state index in [1.54, 1.807) is 12.1 Å². The highest BCUT2D eigenvalue weighted by Crippen LogP contribution is 2.10. The molecule has 3 heteroatoms. The van der Waals surface area contributed by atoms with Gasteiger partial charge in [0.15, 0.2) is 0 Å². The molecule has 0 spiro atoms. The van der Waals surface area contributed by atoms with Gasteiger partial charge in [-0.05, 0) is 17.7 Å². The predicted molar refractivity (Wildman–Crippen MR) is 55.2 cm³/mol. The molecule has 0 aliphatic rings. The average molecular weight is 196 g/mol. The molecule has 1 N–H and O–H groups in total. The first kappa shape index (κ1) is 12.5. The summed E-state index contributed by atoms with van der Waals surface area (Å²) in [7, 11) is 1.35. The fraction of sp³-hybridized carbons (Fsp3) is 0.364. The van der Waals surface area contributed by atoms with Crippen molar-refractivity contribution in [3.8, 4) is 5.75 Å². The van der Waals surface area contributed by atoms with E-state index < -0.39 is 0 Å². The van der Waals surface area contributed by atoms with Gasteiger partial charge >= 0.3 is 5.97 Å². The Kier molecular flexibility index (Phi) is 6.20. The highest BCUT2D eigenvalue weighted by Gasteiger charge is 2.01. The first-order valence-corrected chi connectivity index (χ1v) is 4.57. The molecule has 1 aromatic rings. The van der Waals surface area contributed by atoms with E-state index in [4.69, 9.17) is 5.11 Å².